The maximum Gasteiger partial charge on any atom is 0.242 e. The number of hydrogen-bond donors (Lipinski definition) is 0. The van der Waals surface area contributed by atoms with Crippen LogP contribution in [0.3, 0.4) is 0 Å². The summed E-state index contributed by atoms with van der Waals surface area (Å²) in [5, 5.41) is 0.701. The maximum atomic E-state index is 12.6. The summed E-state index contributed by atoms with van der Waals surface area (Å²) in [6.45, 7) is 2.30. The normalized spacial score (nSPS) is 15.1. The molecule has 4 rings (SSSR count). The largest absolute Gasteiger partial charge is 0.344 e. The van der Waals surface area contributed by atoms with Gasteiger partial charge < -0.3 is 9.80 Å². The zero-order valence-corrected chi connectivity index (χ0v) is 16.4. The Morgan fingerprint density at radius 1 is 1.23 bits per heavy atom. The fourth-order valence-electron chi connectivity index (χ4n) is 2.90. The van der Waals surface area contributed by atoms with Crippen LogP contribution < -0.4 is 4.90 Å². The third-order valence-corrected chi connectivity index (χ3v) is 6.51. The van der Waals surface area contributed by atoms with E-state index in [0.29, 0.717) is 30.3 Å². The second kappa shape index (κ2) is 7.38. The lowest BCUT2D eigenvalue weighted by Crippen LogP contribution is -2.50. The average Bonchev–Trinajstić information content (AvgIpc) is 3.08. The Balaban J connectivity index is 1.51. The minimum Gasteiger partial charge on any atom is -0.344 e. The molecule has 0 bridgehead atoms. The molecule has 1 aromatic carbocycles. The number of thiazole rings is 1. The molecule has 1 aliphatic heterocycles. The van der Waals surface area contributed by atoms with Gasteiger partial charge in [0.2, 0.25) is 5.91 Å². The molecule has 1 amide bonds. The number of hydrogen-bond acceptors (Lipinski definition) is 7. The number of nitrogens with zero attached hydrogens (tertiary/aromatic N) is 5. The van der Waals surface area contributed by atoms with Crippen LogP contribution in [-0.2, 0) is 11.3 Å². The minimum absolute atomic E-state index is 0.0903. The smallest absolute Gasteiger partial charge is 0.242 e. The van der Waals surface area contributed by atoms with Crippen molar-refractivity contribution in [2.75, 3.05) is 30.8 Å². The summed E-state index contributed by atoms with van der Waals surface area (Å²) in [6.07, 6.45) is 3.51. The molecule has 0 radical (unpaired) electrons. The van der Waals surface area contributed by atoms with Gasteiger partial charge in [0.1, 0.15) is 11.0 Å². The lowest BCUT2D eigenvalue weighted by molar-refractivity contribution is -0.131. The number of carbonyl (C=O) groups is 1. The first-order valence-electron chi connectivity index (χ1n) is 8.07. The Labute approximate surface area is 164 Å². The van der Waals surface area contributed by atoms with Gasteiger partial charge in [-0.25, -0.2) is 15.0 Å². The third-order valence-electron chi connectivity index (χ3n) is 4.23. The van der Waals surface area contributed by atoms with Crippen molar-refractivity contribution in [3.05, 3.63) is 41.2 Å². The molecule has 0 N–H and O–H groups in total. The van der Waals surface area contributed by atoms with E-state index in [4.69, 9.17) is 11.6 Å². The Hall–Kier alpha value is -1.90. The lowest BCUT2D eigenvalue weighted by Gasteiger charge is -2.35. The van der Waals surface area contributed by atoms with Crippen molar-refractivity contribution in [1.29, 1.82) is 0 Å². The molecule has 0 spiro atoms. The second-order valence-electron chi connectivity index (χ2n) is 5.90. The maximum absolute atomic E-state index is 12.6. The molecule has 1 aliphatic rings. The van der Waals surface area contributed by atoms with E-state index in [9.17, 15) is 4.79 Å². The van der Waals surface area contributed by atoms with Crippen LogP contribution in [-0.4, -0.2) is 51.6 Å². The number of halogens is 1. The molecule has 6 nitrogen and oxygen atoms in total. The van der Waals surface area contributed by atoms with Gasteiger partial charge in [-0.05, 0) is 24.0 Å². The summed E-state index contributed by atoms with van der Waals surface area (Å²) in [6, 6.07) is 7.61. The molecule has 1 fully saturated rings. The predicted molar refractivity (Wildman–Crippen MR) is 106 cm³/mol. The van der Waals surface area contributed by atoms with Gasteiger partial charge in [-0.3, -0.25) is 4.79 Å². The molecular formula is C17H16ClN5OS2. The molecule has 3 heterocycles. The first-order chi connectivity index (χ1) is 12.6. The molecule has 134 valence electrons. The average molecular weight is 406 g/mol. The van der Waals surface area contributed by atoms with Crippen LogP contribution in [0.5, 0.6) is 0 Å². The molecule has 26 heavy (non-hydrogen) atoms. The number of rotatable bonds is 4. The quantitative estimate of drug-likeness (QED) is 0.620. The molecule has 0 atom stereocenters. The van der Waals surface area contributed by atoms with Crippen molar-refractivity contribution in [3.8, 4) is 0 Å². The van der Waals surface area contributed by atoms with Gasteiger partial charge in [-0.2, -0.15) is 0 Å². The topological polar surface area (TPSA) is 62.2 Å². The van der Waals surface area contributed by atoms with E-state index in [1.165, 1.54) is 6.33 Å². The van der Waals surface area contributed by atoms with E-state index in [1.807, 2.05) is 40.3 Å². The first kappa shape index (κ1) is 17.5. The Morgan fingerprint density at radius 2 is 2.04 bits per heavy atom. The van der Waals surface area contributed by atoms with Gasteiger partial charge in [0, 0.05) is 24.7 Å². The fraction of sp³-hybridized carbons (Fsp3) is 0.294. The molecule has 1 saturated heterocycles. The molecule has 0 aliphatic carbocycles. The molecule has 2 aromatic heterocycles. The van der Waals surface area contributed by atoms with E-state index < -0.39 is 0 Å². The van der Waals surface area contributed by atoms with E-state index in [0.717, 1.165) is 27.0 Å². The highest BCUT2D eigenvalue weighted by atomic mass is 35.5. The third kappa shape index (κ3) is 3.49. The highest BCUT2D eigenvalue weighted by molar-refractivity contribution is 8.00. The van der Waals surface area contributed by atoms with Crippen LogP contribution in [0.2, 0.25) is 5.02 Å². The molecule has 9 heteroatoms. The van der Waals surface area contributed by atoms with Crippen LogP contribution in [0, 0.1) is 0 Å². The molecule has 3 aromatic rings. The highest BCUT2D eigenvalue weighted by Crippen LogP contribution is 2.33. The predicted octanol–water partition coefficient (Wildman–Crippen LogP) is 3.31. The van der Waals surface area contributed by atoms with Crippen LogP contribution in [0.4, 0.5) is 5.82 Å². The van der Waals surface area contributed by atoms with Crippen molar-refractivity contribution in [3.63, 3.8) is 0 Å². The van der Waals surface area contributed by atoms with Crippen LogP contribution in [0.1, 0.15) is 5.56 Å². The Bertz CT molecular complexity index is 946. The second-order valence-corrected chi connectivity index (χ2v) is 8.39. The SMILES string of the molecule is CSc1nc2ncnc(N3CCN(Cc4ccc(Cl)cc4)C(=O)C3)c2s1. The number of thioether (sulfide) groups is 1. The van der Waals surface area contributed by atoms with Crippen molar-refractivity contribution in [2.45, 2.75) is 10.9 Å². The number of anilines is 1. The zero-order chi connectivity index (χ0) is 18.1. The van der Waals surface area contributed by atoms with Crippen LogP contribution in [0.25, 0.3) is 10.3 Å². The summed E-state index contributed by atoms with van der Waals surface area (Å²) in [5.41, 5.74) is 1.77. The Kier molecular flexibility index (Phi) is 4.97. The van der Waals surface area contributed by atoms with Gasteiger partial charge in [-0.15, -0.1) is 11.3 Å². The standard InChI is InChI=1S/C17H16ClN5OS2/c1-25-17-21-15-14(26-17)16(20-10-19-15)23-7-6-22(13(24)9-23)8-11-2-4-12(18)5-3-11/h2-5,10H,6-9H2,1H3. The summed E-state index contributed by atoms with van der Waals surface area (Å²) in [4.78, 5) is 29.7. The summed E-state index contributed by atoms with van der Waals surface area (Å²) in [7, 11) is 0. The summed E-state index contributed by atoms with van der Waals surface area (Å²) >= 11 is 9.09. The van der Waals surface area contributed by atoms with Gasteiger partial charge in [0.15, 0.2) is 15.8 Å². The van der Waals surface area contributed by atoms with Gasteiger partial charge >= 0.3 is 0 Å². The highest BCUT2D eigenvalue weighted by Gasteiger charge is 2.26. The van der Waals surface area contributed by atoms with Crippen molar-refractivity contribution in [1.82, 2.24) is 19.9 Å². The molecule has 0 saturated carbocycles. The summed E-state index contributed by atoms with van der Waals surface area (Å²) < 4.78 is 1.89. The number of benzene rings is 1. The van der Waals surface area contributed by atoms with Gasteiger partial charge in [-0.1, -0.05) is 35.5 Å². The van der Waals surface area contributed by atoms with Crippen LogP contribution in [0.15, 0.2) is 34.9 Å². The fourth-order valence-corrected chi connectivity index (χ4v) is 4.56. The molecule has 0 unspecified atom stereocenters. The Morgan fingerprint density at radius 3 is 2.77 bits per heavy atom. The van der Waals surface area contributed by atoms with Crippen LogP contribution >= 0.6 is 34.7 Å². The van der Waals surface area contributed by atoms with E-state index in [-0.39, 0.29) is 5.91 Å². The van der Waals surface area contributed by atoms with Crippen molar-refractivity contribution < 1.29 is 4.79 Å². The van der Waals surface area contributed by atoms with Gasteiger partial charge in [0.05, 0.1) is 6.54 Å². The number of carbonyl (C=O) groups excluding carboxylic acids is 1. The zero-order valence-electron chi connectivity index (χ0n) is 14.1. The van der Waals surface area contributed by atoms with E-state index >= 15 is 0 Å². The first-order valence-corrected chi connectivity index (χ1v) is 10.5. The minimum atomic E-state index is 0.0903. The lowest BCUT2D eigenvalue weighted by atomic mass is 10.2. The number of piperazine rings is 1. The van der Waals surface area contributed by atoms with Crippen molar-refractivity contribution >= 4 is 56.8 Å². The monoisotopic (exact) mass is 405 g/mol. The summed E-state index contributed by atoms with van der Waals surface area (Å²) in [5.74, 6) is 0.889. The number of fused-ring (bicyclic) bond motifs is 1. The molecular weight excluding hydrogens is 390 g/mol. The van der Waals surface area contributed by atoms with E-state index in [1.54, 1.807) is 23.1 Å². The number of amides is 1. The van der Waals surface area contributed by atoms with Gasteiger partial charge in [0.25, 0.3) is 0 Å². The van der Waals surface area contributed by atoms with Crippen molar-refractivity contribution in [2.24, 2.45) is 0 Å². The number of aromatic nitrogens is 3. The van der Waals surface area contributed by atoms with E-state index in [2.05, 4.69) is 15.0 Å².